The lowest BCUT2D eigenvalue weighted by molar-refractivity contribution is -0.151. The first-order valence-corrected chi connectivity index (χ1v) is 5.58. The number of hydrogen-bond donors (Lipinski definition) is 2. The maximum atomic E-state index is 11.8. The Labute approximate surface area is 104 Å². The van der Waals surface area contributed by atoms with Crippen molar-refractivity contribution in [1.29, 1.82) is 0 Å². The van der Waals surface area contributed by atoms with Crippen molar-refractivity contribution in [3.05, 3.63) is 0 Å². The van der Waals surface area contributed by atoms with E-state index in [0.29, 0.717) is 0 Å². The summed E-state index contributed by atoms with van der Waals surface area (Å²) in [7, 11) is 0. The summed E-state index contributed by atoms with van der Waals surface area (Å²) < 4.78 is 5.06. The number of carboxylic acids is 2. The molecular formula is C11H17NO6. The fourth-order valence-electron chi connectivity index (χ4n) is 1.88. The summed E-state index contributed by atoms with van der Waals surface area (Å²) in [5.74, 6) is -3.63. The molecule has 102 valence electrons. The van der Waals surface area contributed by atoms with Crippen molar-refractivity contribution in [3.63, 3.8) is 0 Å². The van der Waals surface area contributed by atoms with E-state index in [-0.39, 0.29) is 13.0 Å². The Bertz CT molecular complexity index is 372. The molecule has 0 saturated carbocycles. The lowest BCUT2D eigenvalue weighted by Gasteiger charge is -2.27. The van der Waals surface area contributed by atoms with Gasteiger partial charge < -0.3 is 14.9 Å². The zero-order valence-electron chi connectivity index (χ0n) is 10.5. The fraction of sp³-hybridized carbons (Fsp3) is 0.727. The zero-order valence-corrected chi connectivity index (χ0v) is 10.5. The van der Waals surface area contributed by atoms with E-state index >= 15 is 0 Å². The molecule has 1 amide bonds. The molecule has 0 aliphatic carbocycles. The van der Waals surface area contributed by atoms with Crippen molar-refractivity contribution in [2.45, 2.75) is 38.8 Å². The molecule has 7 nitrogen and oxygen atoms in total. The van der Waals surface area contributed by atoms with Gasteiger partial charge in [0.15, 0.2) is 0 Å². The molecule has 2 unspecified atom stereocenters. The summed E-state index contributed by atoms with van der Waals surface area (Å²) in [5, 5.41) is 18.0. The van der Waals surface area contributed by atoms with Crippen LogP contribution in [-0.4, -0.2) is 51.3 Å². The molecule has 2 N–H and O–H groups in total. The summed E-state index contributed by atoms with van der Waals surface area (Å²) in [5.41, 5.74) is -0.749. The predicted octanol–water partition coefficient (Wildman–Crippen LogP) is 0.781. The van der Waals surface area contributed by atoms with E-state index in [0.717, 1.165) is 4.90 Å². The van der Waals surface area contributed by atoms with Crippen LogP contribution in [0.25, 0.3) is 0 Å². The SMILES string of the molecule is CC(C)(C)OC(=O)N1CCC(C(=O)O)C1C(=O)O. The zero-order chi connectivity index (χ0) is 14.1. The number of likely N-dealkylation sites (tertiary alicyclic amines) is 1. The van der Waals surface area contributed by atoms with Crippen molar-refractivity contribution in [2.24, 2.45) is 5.92 Å². The molecule has 0 aromatic carbocycles. The maximum Gasteiger partial charge on any atom is 0.411 e. The first-order valence-electron chi connectivity index (χ1n) is 5.58. The first-order chi connectivity index (χ1) is 8.13. The van der Waals surface area contributed by atoms with E-state index in [1.807, 2.05) is 0 Å². The standard InChI is InChI=1S/C11H17NO6/c1-11(2,3)18-10(17)12-5-4-6(8(13)14)7(12)9(15)16/h6-7H,4-5H2,1-3H3,(H,13,14)(H,15,16). The fourth-order valence-corrected chi connectivity index (χ4v) is 1.88. The molecule has 1 heterocycles. The van der Waals surface area contributed by atoms with Gasteiger partial charge in [-0.15, -0.1) is 0 Å². The minimum Gasteiger partial charge on any atom is -0.481 e. The molecule has 0 spiro atoms. The Hall–Kier alpha value is -1.79. The third-order valence-corrected chi connectivity index (χ3v) is 2.60. The van der Waals surface area contributed by atoms with Gasteiger partial charge in [0.05, 0.1) is 5.92 Å². The highest BCUT2D eigenvalue weighted by molar-refractivity contribution is 5.87. The van der Waals surface area contributed by atoms with Gasteiger partial charge in [0.1, 0.15) is 11.6 Å². The van der Waals surface area contributed by atoms with Crippen LogP contribution in [0.3, 0.4) is 0 Å². The number of hydrogen-bond acceptors (Lipinski definition) is 4. The molecule has 2 atom stereocenters. The highest BCUT2D eigenvalue weighted by Gasteiger charge is 2.47. The minimum absolute atomic E-state index is 0.0723. The molecule has 1 rings (SSSR count). The monoisotopic (exact) mass is 259 g/mol. The minimum atomic E-state index is -1.36. The predicted molar refractivity (Wildman–Crippen MR) is 60.1 cm³/mol. The molecule has 1 fully saturated rings. The van der Waals surface area contributed by atoms with Crippen LogP contribution >= 0.6 is 0 Å². The van der Waals surface area contributed by atoms with Gasteiger partial charge >= 0.3 is 18.0 Å². The molecule has 1 aliphatic rings. The Kier molecular flexibility index (Phi) is 3.83. The summed E-state index contributed by atoms with van der Waals surface area (Å²) in [4.78, 5) is 34.8. The summed E-state index contributed by atoms with van der Waals surface area (Å²) in [6.07, 6.45) is -0.676. The van der Waals surface area contributed by atoms with Gasteiger partial charge in [0.2, 0.25) is 0 Å². The van der Waals surface area contributed by atoms with Crippen LogP contribution in [0.4, 0.5) is 4.79 Å². The van der Waals surface area contributed by atoms with Gasteiger partial charge in [0.25, 0.3) is 0 Å². The lowest BCUT2D eigenvalue weighted by atomic mass is 10.0. The van der Waals surface area contributed by atoms with E-state index in [9.17, 15) is 14.4 Å². The molecule has 0 radical (unpaired) electrons. The number of carbonyl (C=O) groups is 3. The van der Waals surface area contributed by atoms with Gasteiger partial charge in [-0.1, -0.05) is 0 Å². The quantitative estimate of drug-likeness (QED) is 0.759. The van der Waals surface area contributed by atoms with E-state index in [4.69, 9.17) is 14.9 Å². The highest BCUT2D eigenvalue weighted by atomic mass is 16.6. The number of amides is 1. The molecule has 1 saturated heterocycles. The van der Waals surface area contributed by atoms with Crippen LogP contribution in [0.5, 0.6) is 0 Å². The third kappa shape index (κ3) is 3.12. The number of aliphatic carboxylic acids is 2. The summed E-state index contributed by atoms with van der Waals surface area (Å²) in [6, 6.07) is -1.36. The lowest BCUT2D eigenvalue weighted by Crippen LogP contribution is -2.46. The number of carbonyl (C=O) groups excluding carboxylic acids is 1. The molecule has 1 aliphatic heterocycles. The van der Waals surface area contributed by atoms with Gasteiger partial charge in [-0.2, -0.15) is 0 Å². The second-order valence-corrected chi connectivity index (χ2v) is 5.19. The van der Waals surface area contributed by atoms with Crippen molar-refractivity contribution in [2.75, 3.05) is 6.54 Å². The van der Waals surface area contributed by atoms with E-state index < -0.39 is 35.6 Å². The Balaban J connectivity index is 2.86. The largest absolute Gasteiger partial charge is 0.481 e. The van der Waals surface area contributed by atoms with Gasteiger partial charge in [-0.05, 0) is 27.2 Å². The van der Waals surface area contributed by atoms with Crippen molar-refractivity contribution >= 4 is 18.0 Å². The van der Waals surface area contributed by atoms with E-state index in [1.54, 1.807) is 20.8 Å². The number of nitrogens with zero attached hydrogens (tertiary/aromatic N) is 1. The van der Waals surface area contributed by atoms with Crippen LogP contribution in [0, 0.1) is 5.92 Å². The normalized spacial score (nSPS) is 23.8. The summed E-state index contributed by atoms with van der Waals surface area (Å²) >= 11 is 0. The number of carboxylic acid groups (broad SMARTS) is 2. The van der Waals surface area contributed by atoms with Gasteiger partial charge in [0, 0.05) is 6.54 Å². The second kappa shape index (κ2) is 4.83. The van der Waals surface area contributed by atoms with E-state index in [2.05, 4.69) is 0 Å². The second-order valence-electron chi connectivity index (χ2n) is 5.19. The van der Waals surface area contributed by atoms with Crippen molar-refractivity contribution in [3.8, 4) is 0 Å². The van der Waals surface area contributed by atoms with Crippen molar-refractivity contribution < 1.29 is 29.3 Å². The van der Waals surface area contributed by atoms with Crippen LogP contribution in [-0.2, 0) is 14.3 Å². The molecule has 7 heteroatoms. The first kappa shape index (κ1) is 14.3. The molecule has 18 heavy (non-hydrogen) atoms. The topological polar surface area (TPSA) is 104 Å². The Morgan fingerprint density at radius 2 is 1.72 bits per heavy atom. The molecule has 0 aromatic heterocycles. The number of ether oxygens (including phenoxy) is 1. The Morgan fingerprint density at radius 3 is 2.11 bits per heavy atom. The van der Waals surface area contributed by atoms with Crippen LogP contribution < -0.4 is 0 Å². The van der Waals surface area contributed by atoms with Gasteiger partial charge in [-0.3, -0.25) is 9.69 Å². The smallest absolute Gasteiger partial charge is 0.411 e. The van der Waals surface area contributed by atoms with Crippen molar-refractivity contribution in [1.82, 2.24) is 4.90 Å². The summed E-state index contributed by atoms with van der Waals surface area (Å²) in [6.45, 7) is 5.05. The average molecular weight is 259 g/mol. The average Bonchev–Trinajstić information content (AvgIpc) is 2.58. The maximum absolute atomic E-state index is 11.8. The molecular weight excluding hydrogens is 242 g/mol. The third-order valence-electron chi connectivity index (χ3n) is 2.60. The highest BCUT2D eigenvalue weighted by Crippen LogP contribution is 2.26. The van der Waals surface area contributed by atoms with Crippen LogP contribution in [0.1, 0.15) is 27.2 Å². The molecule has 0 bridgehead atoms. The van der Waals surface area contributed by atoms with Gasteiger partial charge in [-0.25, -0.2) is 9.59 Å². The van der Waals surface area contributed by atoms with Crippen LogP contribution in [0.2, 0.25) is 0 Å². The number of rotatable bonds is 2. The van der Waals surface area contributed by atoms with E-state index in [1.165, 1.54) is 0 Å². The Morgan fingerprint density at radius 1 is 1.17 bits per heavy atom. The van der Waals surface area contributed by atoms with Crippen LogP contribution in [0.15, 0.2) is 0 Å². The molecule has 0 aromatic rings.